The van der Waals surface area contributed by atoms with Gasteiger partial charge in [0.2, 0.25) is 17.5 Å². The van der Waals surface area contributed by atoms with Crippen molar-refractivity contribution in [2.75, 3.05) is 27.2 Å². The normalized spacial score (nSPS) is 16.4. The van der Waals surface area contributed by atoms with Gasteiger partial charge in [-0.2, -0.15) is 9.65 Å². The minimum Gasteiger partial charge on any atom is -0.506 e. The van der Waals surface area contributed by atoms with Crippen molar-refractivity contribution in [1.82, 2.24) is 9.80 Å². The number of phenols is 2. The van der Waals surface area contributed by atoms with Gasteiger partial charge in [-0.15, -0.1) is 0 Å². The third-order valence-electron chi connectivity index (χ3n) is 4.79. The summed E-state index contributed by atoms with van der Waals surface area (Å²) in [6, 6.07) is 1.84. The van der Waals surface area contributed by atoms with Crippen LogP contribution in [0.15, 0.2) is 11.6 Å². The molecule has 2 rings (SSSR count). The smallest absolute Gasteiger partial charge is 0.350 e. The molecule has 12 heteroatoms. The van der Waals surface area contributed by atoms with Gasteiger partial charge in [0, 0.05) is 20.6 Å². The predicted octanol–water partition coefficient (Wildman–Crippen LogP) is 1.27. The van der Waals surface area contributed by atoms with Gasteiger partial charge < -0.3 is 25.1 Å². The Bertz CT molecular complexity index is 1110. The van der Waals surface area contributed by atoms with E-state index in [2.05, 4.69) is 11.8 Å². The SMILES string of the molecule is CN(CC#CC1CCCN(C)C1=O)C(=O)/C(C#N)=C(\O)c1cc(O)c(O)c([N+](=O)[O-])c1F. The molecular formula is C20H19FN4O7. The van der Waals surface area contributed by atoms with Crippen LogP contribution in [0.25, 0.3) is 5.76 Å². The number of nitro groups is 1. The van der Waals surface area contributed by atoms with Gasteiger partial charge in [-0.25, -0.2) is 0 Å². The number of hydrogen-bond acceptors (Lipinski definition) is 8. The van der Waals surface area contributed by atoms with E-state index in [1.807, 2.05) is 0 Å². The molecule has 32 heavy (non-hydrogen) atoms. The number of likely N-dealkylation sites (tertiary alicyclic amines) is 1. The number of carbonyl (C=O) groups is 2. The fourth-order valence-electron chi connectivity index (χ4n) is 3.01. The Morgan fingerprint density at radius 3 is 2.72 bits per heavy atom. The largest absolute Gasteiger partial charge is 0.506 e. The highest BCUT2D eigenvalue weighted by atomic mass is 19.1. The zero-order valence-electron chi connectivity index (χ0n) is 17.1. The Balaban J connectivity index is 2.33. The molecule has 1 saturated heterocycles. The maximum absolute atomic E-state index is 14.5. The van der Waals surface area contributed by atoms with E-state index in [0.29, 0.717) is 19.0 Å². The first-order valence-electron chi connectivity index (χ1n) is 9.22. The summed E-state index contributed by atoms with van der Waals surface area (Å²) >= 11 is 0. The third kappa shape index (κ3) is 4.70. The second-order valence-electron chi connectivity index (χ2n) is 6.98. The third-order valence-corrected chi connectivity index (χ3v) is 4.79. The lowest BCUT2D eigenvalue weighted by Crippen LogP contribution is -2.37. The van der Waals surface area contributed by atoms with Crippen LogP contribution in [0.5, 0.6) is 11.5 Å². The van der Waals surface area contributed by atoms with Gasteiger partial charge in [0.1, 0.15) is 11.8 Å². The van der Waals surface area contributed by atoms with Crippen molar-refractivity contribution in [3.63, 3.8) is 0 Å². The van der Waals surface area contributed by atoms with Crippen LogP contribution in [0, 0.1) is 45.0 Å². The molecule has 0 radical (unpaired) electrons. The van der Waals surface area contributed by atoms with Gasteiger partial charge in [-0.05, 0) is 18.9 Å². The number of hydrogen-bond donors (Lipinski definition) is 3. The minimum atomic E-state index is -1.74. The van der Waals surface area contributed by atoms with Gasteiger partial charge in [0.25, 0.3) is 5.91 Å². The molecule has 1 aromatic rings. The molecule has 168 valence electrons. The van der Waals surface area contributed by atoms with Crippen molar-refractivity contribution in [2.24, 2.45) is 5.92 Å². The second-order valence-corrected chi connectivity index (χ2v) is 6.98. The summed E-state index contributed by atoms with van der Waals surface area (Å²) in [5.74, 6) is -1.85. The summed E-state index contributed by atoms with van der Waals surface area (Å²) in [5.41, 5.74) is -3.52. The first-order chi connectivity index (χ1) is 15.0. The Labute approximate surface area is 181 Å². The number of nitrogens with zero attached hydrogens (tertiary/aromatic N) is 4. The van der Waals surface area contributed by atoms with Crippen molar-refractivity contribution >= 4 is 23.3 Å². The topological polar surface area (TPSA) is 168 Å². The summed E-state index contributed by atoms with van der Waals surface area (Å²) in [4.78, 5) is 36.7. The number of likely N-dealkylation sites (N-methyl/N-ethyl adjacent to an activating group) is 1. The van der Waals surface area contributed by atoms with E-state index in [1.165, 1.54) is 13.1 Å². The quantitative estimate of drug-likeness (QED) is 0.118. The fraction of sp³-hybridized carbons (Fsp3) is 0.350. The van der Waals surface area contributed by atoms with E-state index in [1.54, 1.807) is 11.9 Å². The second kappa shape index (κ2) is 9.66. The lowest BCUT2D eigenvalue weighted by molar-refractivity contribution is -0.388. The monoisotopic (exact) mass is 446 g/mol. The van der Waals surface area contributed by atoms with Crippen molar-refractivity contribution in [3.05, 3.63) is 33.1 Å². The van der Waals surface area contributed by atoms with Crippen LogP contribution in [0.3, 0.4) is 0 Å². The number of piperidine rings is 1. The molecule has 11 nitrogen and oxygen atoms in total. The van der Waals surface area contributed by atoms with Gasteiger partial charge in [0.05, 0.1) is 22.9 Å². The van der Waals surface area contributed by atoms with Crippen LogP contribution in [-0.2, 0) is 9.59 Å². The predicted molar refractivity (Wildman–Crippen MR) is 107 cm³/mol. The fourth-order valence-corrected chi connectivity index (χ4v) is 3.01. The van der Waals surface area contributed by atoms with Crippen molar-refractivity contribution < 1.29 is 34.2 Å². The van der Waals surface area contributed by atoms with Crippen LogP contribution in [0.4, 0.5) is 10.1 Å². The summed E-state index contributed by atoms with van der Waals surface area (Å²) in [6.07, 6.45) is 1.35. The number of rotatable bonds is 4. The summed E-state index contributed by atoms with van der Waals surface area (Å²) in [5, 5.41) is 49.6. The summed E-state index contributed by atoms with van der Waals surface area (Å²) in [6.45, 7) is 0.404. The van der Waals surface area contributed by atoms with Crippen molar-refractivity contribution in [2.45, 2.75) is 12.8 Å². The van der Waals surface area contributed by atoms with E-state index in [-0.39, 0.29) is 12.5 Å². The number of aliphatic hydroxyl groups excluding tert-OH is 1. The number of aliphatic hydroxyl groups is 1. The van der Waals surface area contributed by atoms with Gasteiger partial charge in [-0.3, -0.25) is 19.7 Å². The zero-order valence-corrected chi connectivity index (χ0v) is 17.1. The van der Waals surface area contributed by atoms with Crippen LogP contribution in [0.1, 0.15) is 18.4 Å². The van der Waals surface area contributed by atoms with Crippen LogP contribution in [-0.4, -0.2) is 69.0 Å². The molecule has 1 fully saturated rings. The molecule has 0 aliphatic carbocycles. The average Bonchev–Trinajstić information content (AvgIpc) is 2.73. The molecule has 0 spiro atoms. The molecule has 0 bridgehead atoms. The van der Waals surface area contributed by atoms with E-state index < -0.39 is 56.6 Å². The molecular weight excluding hydrogens is 427 g/mol. The summed E-state index contributed by atoms with van der Waals surface area (Å²) < 4.78 is 14.5. The minimum absolute atomic E-state index is 0.141. The Hall–Kier alpha value is -4.32. The first kappa shape index (κ1) is 24.0. The number of carbonyl (C=O) groups excluding carboxylic acids is 2. The van der Waals surface area contributed by atoms with Gasteiger partial charge in [-0.1, -0.05) is 11.8 Å². The number of aromatic hydroxyl groups is 2. The highest BCUT2D eigenvalue weighted by Gasteiger charge is 2.31. The Morgan fingerprint density at radius 1 is 1.47 bits per heavy atom. The average molecular weight is 446 g/mol. The molecule has 0 saturated carbocycles. The van der Waals surface area contributed by atoms with Crippen LogP contribution in [0.2, 0.25) is 0 Å². The molecule has 3 N–H and O–H groups in total. The number of phenolic OH excluding ortho intramolecular Hbond substituents is 2. The first-order valence-corrected chi connectivity index (χ1v) is 9.22. The molecule has 1 unspecified atom stereocenters. The Kier molecular flexibility index (Phi) is 7.23. The molecule has 2 amide bonds. The van der Waals surface area contributed by atoms with Crippen LogP contribution < -0.4 is 0 Å². The molecule has 1 aromatic carbocycles. The summed E-state index contributed by atoms with van der Waals surface area (Å²) in [7, 11) is 2.90. The van der Waals surface area contributed by atoms with Crippen molar-refractivity contribution in [1.29, 1.82) is 5.26 Å². The molecule has 1 aliphatic heterocycles. The maximum Gasteiger partial charge on any atom is 0.350 e. The molecule has 1 atom stereocenters. The number of amides is 2. The molecule has 1 heterocycles. The number of benzene rings is 1. The van der Waals surface area contributed by atoms with E-state index in [0.717, 1.165) is 11.3 Å². The number of halogens is 1. The van der Waals surface area contributed by atoms with Gasteiger partial charge in [0.15, 0.2) is 11.3 Å². The Morgan fingerprint density at radius 2 is 2.12 bits per heavy atom. The molecule has 1 aliphatic rings. The molecule has 0 aromatic heterocycles. The number of nitro benzene ring substituents is 1. The van der Waals surface area contributed by atoms with E-state index in [9.17, 15) is 44.7 Å². The van der Waals surface area contributed by atoms with E-state index in [4.69, 9.17) is 0 Å². The standard InChI is InChI=1S/C20H19FN4O7/c1-23-7-3-5-11(19(23)29)6-4-8-24(2)20(30)13(10-22)17(27)12-9-14(26)18(28)16(15(12)21)25(31)32/h9,11,26-28H,3,5,7-8H2,1-2H3/b17-13-. The van der Waals surface area contributed by atoms with Gasteiger partial charge >= 0.3 is 5.69 Å². The lowest BCUT2D eigenvalue weighted by Gasteiger charge is -2.26. The lowest BCUT2D eigenvalue weighted by atomic mass is 9.98. The maximum atomic E-state index is 14.5. The van der Waals surface area contributed by atoms with Crippen LogP contribution >= 0.6 is 0 Å². The highest BCUT2D eigenvalue weighted by Crippen LogP contribution is 2.41. The highest BCUT2D eigenvalue weighted by molar-refractivity contribution is 6.03. The zero-order chi connectivity index (χ0) is 24.2. The van der Waals surface area contributed by atoms with E-state index >= 15 is 0 Å². The number of nitriles is 1. The van der Waals surface area contributed by atoms with Crippen molar-refractivity contribution in [3.8, 4) is 29.4 Å².